The third-order valence-corrected chi connectivity index (χ3v) is 7.94. The van der Waals surface area contributed by atoms with Crippen LogP contribution in [0.4, 0.5) is 10.5 Å². The highest BCUT2D eigenvalue weighted by Crippen LogP contribution is 2.41. The summed E-state index contributed by atoms with van der Waals surface area (Å²) in [4.78, 5) is 31.3. The van der Waals surface area contributed by atoms with Crippen LogP contribution in [0.5, 0.6) is 0 Å². The zero-order valence-electron chi connectivity index (χ0n) is 20.2. The number of carboxylic acids is 1. The maximum atomic E-state index is 12.6. The molecule has 1 N–H and O–H groups in total. The van der Waals surface area contributed by atoms with Crippen LogP contribution in [0.25, 0.3) is 11.0 Å². The van der Waals surface area contributed by atoms with E-state index in [9.17, 15) is 14.7 Å². The number of benzene rings is 1. The van der Waals surface area contributed by atoms with Crippen molar-refractivity contribution in [2.45, 2.75) is 89.3 Å². The summed E-state index contributed by atoms with van der Waals surface area (Å²) in [6, 6.07) is 4.24. The van der Waals surface area contributed by atoms with E-state index in [1.54, 1.807) is 4.90 Å². The molecule has 0 unspecified atom stereocenters. The maximum absolute atomic E-state index is 12.6. The Morgan fingerprint density at radius 2 is 2.03 bits per heavy atom. The molecule has 4 atom stereocenters. The van der Waals surface area contributed by atoms with Crippen LogP contribution in [0.3, 0.4) is 0 Å². The van der Waals surface area contributed by atoms with Crippen LogP contribution in [-0.2, 0) is 27.1 Å². The Balaban J connectivity index is 1.60. The van der Waals surface area contributed by atoms with E-state index in [-0.39, 0.29) is 30.2 Å². The molecular weight excluding hydrogens is 434 g/mol. The van der Waals surface area contributed by atoms with Gasteiger partial charge < -0.3 is 19.1 Å². The van der Waals surface area contributed by atoms with Gasteiger partial charge in [0.25, 0.3) is 0 Å². The van der Waals surface area contributed by atoms with Crippen LogP contribution in [0.15, 0.2) is 12.1 Å². The van der Waals surface area contributed by atoms with Crippen molar-refractivity contribution in [3.63, 3.8) is 0 Å². The van der Waals surface area contributed by atoms with E-state index in [1.165, 1.54) is 7.11 Å². The monoisotopic (exact) mass is 469 g/mol. The second kappa shape index (κ2) is 9.56. The second-order valence-electron chi connectivity index (χ2n) is 10.1. The summed E-state index contributed by atoms with van der Waals surface area (Å²) >= 11 is 0. The number of carbonyl (C=O) groups excluding carboxylic acids is 1. The van der Waals surface area contributed by atoms with E-state index < -0.39 is 5.97 Å². The van der Waals surface area contributed by atoms with E-state index in [4.69, 9.17) is 14.5 Å². The molecule has 1 aromatic carbocycles. The molecule has 3 heterocycles. The van der Waals surface area contributed by atoms with Gasteiger partial charge in [-0.3, -0.25) is 9.69 Å². The van der Waals surface area contributed by atoms with Gasteiger partial charge in [-0.25, -0.2) is 9.78 Å². The van der Waals surface area contributed by atoms with Gasteiger partial charge in [0, 0.05) is 30.7 Å². The minimum atomic E-state index is -0.702. The first-order chi connectivity index (χ1) is 16.5. The summed E-state index contributed by atoms with van der Waals surface area (Å²) in [5.74, 6) is -0.0378. The standard InChI is InChI=1S/C26H35N3O5/c1-16-9-10-20-21(28(16)26(32)33-2)11-12-22-24(20)27-23(15-19-8-3-4-13-34-19)29(22)18-7-5-6-17(14-18)25(30)31/h11-12,16-19H,3-10,13-15H2,1-2H3,(H,30,31)/t16-,17+,18+,19+/m0/s1. The highest BCUT2D eigenvalue weighted by molar-refractivity contribution is 5.95. The molecule has 1 aromatic heterocycles. The van der Waals surface area contributed by atoms with Gasteiger partial charge in [-0.05, 0) is 70.4 Å². The highest BCUT2D eigenvalue weighted by Gasteiger charge is 2.34. The van der Waals surface area contributed by atoms with Gasteiger partial charge in [0.15, 0.2) is 0 Å². The lowest BCUT2D eigenvalue weighted by atomic mass is 9.85. The number of amides is 1. The quantitative estimate of drug-likeness (QED) is 0.687. The fourth-order valence-corrected chi connectivity index (χ4v) is 6.17. The Bertz CT molecular complexity index is 1070. The maximum Gasteiger partial charge on any atom is 0.414 e. The molecule has 1 amide bonds. The number of nitrogens with zero attached hydrogens (tertiary/aromatic N) is 3. The number of imidazole rings is 1. The smallest absolute Gasteiger partial charge is 0.414 e. The zero-order valence-corrected chi connectivity index (χ0v) is 20.2. The molecule has 2 aliphatic heterocycles. The van der Waals surface area contributed by atoms with Gasteiger partial charge >= 0.3 is 12.1 Å². The predicted molar refractivity (Wildman–Crippen MR) is 128 cm³/mol. The van der Waals surface area contributed by atoms with E-state index in [2.05, 4.69) is 10.6 Å². The molecule has 34 heavy (non-hydrogen) atoms. The van der Waals surface area contributed by atoms with Gasteiger partial charge in [-0.1, -0.05) is 6.42 Å². The Labute approximate surface area is 200 Å². The molecule has 0 radical (unpaired) electrons. The summed E-state index contributed by atoms with van der Waals surface area (Å²) in [6.07, 6.45) is 8.73. The van der Waals surface area contributed by atoms with Crippen LogP contribution in [0.2, 0.25) is 0 Å². The van der Waals surface area contributed by atoms with E-state index in [0.29, 0.717) is 6.42 Å². The number of methoxy groups -OCH3 is 1. The molecule has 1 aliphatic carbocycles. The number of hydrogen-bond acceptors (Lipinski definition) is 5. The SMILES string of the molecule is COC(=O)N1c2ccc3c(nc(C[C@H]4CCCCO4)n3[C@@H]3CCC[C@@H](C(=O)O)C3)c2CC[C@@H]1C. The molecule has 8 nitrogen and oxygen atoms in total. The Morgan fingerprint density at radius 3 is 2.76 bits per heavy atom. The van der Waals surface area contributed by atoms with Crippen molar-refractivity contribution in [1.82, 2.24) is 9.55 Å². The van der Waals surface area contributed by atoms with Gasteiger partial charge in [0.05, 0.1) is 35.9 Å². The number of anilines is 1. The van der Waals surface area contributed by atoms with Crippen molar-refractivity contribution in [3.8, 4) is 0 Å². The van der Waals surface area contributed by atoms with Crippen LogP contribution in [0.1, 0.15) is 75.7 Å². The van der Waals surface area contributed by atoms with Crippen LogP contribution < -0.4 is 4.90 Å². The minimum Gasteiger partial charge on any atom is -0.481 e. The van der Waals surface area contributed by atoms with Gasteiger partial charge in [-0.15, -0.1) is 0 Å². The number of aryl methyl sites for hydroxylation is 1. The topological polar surface area (TPSA) is 93.9 Å². The average molecular weight is 470 g/mol. The molecule has 1 saturated heterocycles. The van der Waals surface area contributed by atoms with Crippen molar-refractivity contribution < 1.29 is 24.2 Å². The van der Waals surface area contributed by atoms with Crippen molar-refractivity contribution in [2.75, 3.05) is 18.6 Å². The molecule has 2 fully saturated rings. The summed E-state index contributed by atoms with van der Waals surface area (Å²) in [6.45, 7) is 2.83. The summed E-state index contributed by atoms with van der Waals surface area (Å²) in [5, 5.41) is 9.69. The lowest BCUT2D eigenvalue weighted by molar-refractivity contribution is -0.143. The van der Waals surface area contributed by atoms with E-state index in [1.807, 2.05) is 13.0 Å². The Hall–Kier alpha value is -2.61. The lowest BCUT2D eigenvalue weighted by Gasteiger charge is -2.34. The summed E-state index contributed by atoms with van der Waals surface area (Å²) < 4.78 is 13.4. The first-order valence-corrected chi connectivity index (χ1v) is 12.7. The van der Waals surface area contributed by atoms with Crippen LogP contribution in [0, 0.1) is 5.92 Å². The number of carboxylic acid groups (broad SMARTS) is 1. The zero-order chi connectivity index (χ0) is 23.8. The Kier molecular flexibility index (Phi) is 6.51. The molecule has 3 aliphatic rings. The summed E-state index contributed by atoms with van der Waals surface area (Å²) in [5.41, 5.74) is 3.92. The number of carbonyl (C=O) groups is 2. The molecular formula is C26H35N3O5. The van der Waals surface area contributed by atoms with Gasteiger partial charge in [0.1, 0.15) is 5.82 Å². The molecule has 1 saturated carbocycles. The van der Waals surface area contributed by atoms with Crippen LogP contribution >= 0.6 is 0 Å². The molecule has 5 rings (SSSR count). The van der Waals surface area contributed by atoms with Crippen molar-refractivity contribution in [2.24, 2.45) is 5.92 Å². The van der Waals surface area contributed by atoms with Gasteiger partial charge in [-0.2, -0.15) is 0 Å². The van der Waals surface area contributed by atoms with Crippen LogP contribution in [-0.4, -0.2) is 52.6 Å². The van der Waals surface area contributed by atoms with Crippen molar-refractivity contribution in [3.05, 3.63) is 23.5 Å². The average Bonchev–Trinajstić information content (AvgIpc) is 3.22. The lowest BCUT2D eigenvalue weighted by Crippen LogP contribution is -2.42. The number of aromatic nitrogens is 2. The summed E-state index contributed by atoms with van der Waals surface area (Å²) in [7, 11) is 1.42. The first-order valence-electron chi connectivity index (χ1n) is 12.7. The third kappa shape index (κ3) is 4.17. The highest BCUT2D eigenvalue weighted by atomic mass is 16.5. The largest absolute Gasteiger partial charge is 0.481 e. The number of hydrogen-bond donors (Lipinski definition) is 1. The molecule has 184 valence electrons. The minimum absolute atomic E-state index is 0.0595. The predicted octanol–water partition coefficient (Wildman–Crippen LogP) is 4.87. The van der Waals surface area contributed by atoms with Crippen molar-refractivity contribution >= 4 is 28.8 Å². The fourth-order valence-electron chi connectivity index (χ4n) is 6.17. The van der Waals surface area contributed by atoms with E-state index >= 15 is 0 Å². The number of ether oxygens (including phenoxy) is 2. The number of rotatable bonds is 4. The molecule has 0 bridgehead atoms. The molecule has 2 aromatic rings. The normalized spacial score (nSPS) is 27.4. The molecule has 0 spiro atoms. The first kappa shape index (κ1) is 23.1. The molecule has 8 heteroatoms. The fraction of sp³-hybridized carbons (Fsp3) is 0.654. The van der Waals surface area contributed by atoms with Crippen molar-refractivity contribution in [1.29, 1.82) is 0 Å². The van der Waals surface area contributed by atoms with Gasteiger partial charge in [0.2, 0.25) is 0 Å². The Morgan fingerprint density at radius 1 is 1.18 bits per heavy atom. The number of aliphatic carboxylic acids is 1. The number of fused-ring (bicyclic) bond motifs is 3. The second-order valence-corrected chi connectivity index (χ2v) is 10.1. The third-order valence-electron chi connectivity index (χ3n) is 7.94. The van der Waals surface area contributed by atoms with E-state index in [0.717, 1.165) is 92.5 Å².